The smallest absolute Gasteiger partial charge is 0.281 e. The number of benzene rings is 3. The van der Waals surface area contributed by atoms with E-state index in [0.29, 0.717) is 29.5 Å². The molecule has 3 aromatic carbocycles. The second kappa shape index (κ2) is 9.15. The molecule has 5 heterocycles. The van der Waals surface area contributed by atoms with Crippen LogP contribution in [0.1, 0.15) is 35.7 Å². The summed E-state index contributed by atoms with van der Waals surface area (Å²) in [5, 5.41) is 18.7. The zero-order valence-corrected chi connectivity index (χ0v) is 21.0. The van der Waals surface area contributed by atoms with Crippen LogP contribution in [-0.2, 0) is 12.1 Å². The summed E-state index contributed by atoms with van der Waals surface area (Å²) >= 11 is 0. The summed E-state index contributed by atoms with van der Waals surface area (Å²) in [6, 6.07) is 24.3. The molecule has 3 saturated heterocycles. The van der Waals surface area contributed by atoms with Gasteiger partial charge in [0.15, 0.2) is 30.0 Å². The van der Waals surface area contributed by atoms with Gasteiger partial charge in [0.2, 0.25) is 6.79 Å². The Morgan fingerprint density at radius 2 is 1.58 bits per heavy atom. The van der Waals surface area contributed by atoms with Crippen molar-refractivity contribution < 1.29 is 28.3 Å². The Morgan fingerprint density at radius 3 is 2.29 bits per heavy atom. The molecule has 4 aromatic rings. The van der Waals surface area contributed by atoms with Gasteiger partial charge in [0.05, 0.1) is 13.1 Å². The van der Waals surface area contributed by atoms with Crippen LogP contribution in [-0.4, -0.2) is 47.2 Å². The lowest BCUT2D eigenvalue weighted by molar-refractivity contribution is -0.959. The normalized spacial score (nSPS) is 23.9. The van der Waals surface area contributed by atoms with Gasteiger partial charge in [-0.05, 0) is 23.3 Å². The highest BCUT2D eigenvalue weighted by molar-refractivity contribution is 5.47. The molecule has 0 N–H and O–H groups in total. The summed E-state index contributed by atoms with van der Waals surface area (Å²) in [5.74, 6) is 3.43. The van der Waals surface area contributed by atoms with Crippen molar-refractivity contribution in [3.8, 4) is 17.2 Å². The summed E-state index contributed by atoms with van der Waals surface area (Å²) < 4.78 is 24.0. The molecule has 1 atom stereocenters. The molecule has 1 aromatic heterocycles. The fraction of sp³-hybridized carbons (Fsp3) is 0.333. The molecule has 2 bridgehead atoms. The van der Waals surface area contributed by atoms with E-state index in [9.17, 15) is 5.11 Å². The average Bonchev–Trinajstić information content (AvgIpc) is 3.64. The number of quaternary nitrogens is 1. The number of aromatic nitrogens is 2. The van der Waals surface area contributed by atoms with Crippen LogP contribution in [0.15, 0.2) is 83.4 Å². The first kappa shape index (κ1) is 23.3. The monoisotopic (exact) mass is 511 g/mol. The molecular weight excluding hydrogens is 482 g/mol. The summed E-state index contributed by atoms with van der Waals surface area (Å²) in [6.45, 7) is 3.75. The molecule has 8 heteroatoms. The fourth-order valence-electron chi connectivity index (χ4n) is 6.22. The van der Waals surface area contributed by atoms with E-state index < -0.39 is 5.60 Å². The van der Waals surface area contributed by atoms with Gasteiger partial charge >= 0.3 is 0 Å². The van der Waals surface area contributed by atoms with Gasteiger partial charge in [-0.15, -0.1) is 0 Å². The summed E-state index contributed by atoms with van der Waals surface area (Å²) in [7, 11) is 0. The first-order valence-corrected chi connectivity index (χ1v) is 13.2. The maximum atomic E-state index is 14.5. The Bertz CT molecular complexity index is 1380. The van der Waals surface area contributed by atoms with Gasteiger partial charge in [-0.2, -0.15) is 4.98 Å². The van der Waals surface area contributed by atoms with E-state index in [4.69, 9.17) is 23.7 Å². The highest BCUT2D eigenvalue weighted by Crippen LogP contribution is 2.40. The molecule has 8 nitrogen and oxygen atoms in total. The zero-order valence-electron chi connectivity index (χ0n) is 21.0. The van der Waals surface area contributed by atoms with Gasteiger partial charge in [0, 0.05) is 30.4 Å². The van der Waals surface area contributed by atoms with E-state index in [2.05, 4.69) is 5.16 Å². The van der Waals surface area contributed by atoms with E-state index in [1.165, 1.54) is 0 Å². The quantitative estimate of drug-likeness (QED) is 0.350. The Kier molecular flexibility index (Phi) is 5.60. The molecule has 3 fully saturated rings. The standard InChI is InChI=1S/C30H29N3O5/c34-30(22-7-3-1-4-8-22,23-9-5-2-6-10-23)29-31-28(38-32-29)19-33-15-13-21(14-16-33)27(18-33)37-24-11-12-25-26(17-24)36-20-35-25/h1-12,17,21,27H,13-16,18-20H2/t21?,27-,33?/m0/s1. The molecule has 0 spiro atoms. The molecular formula is C30H29N3O5. The Morgan fingerprint density at radius 1 is 0.895 bits per heavy atom. The molecule has 8 rings (SSSR count). The lowest BCUT2D eigenvalue weighted by Crippen LogP contribution is -2.64. The molecule has 0 amide bonds. The van der Waals surface area contributed by atoms with Crippen molar-refractivity contribution in [3.05, 3.63) is 102 Å². The van der Waals surface area contributed by atoms with Gasteiger partial charge in [0.1, 0.15) is 12.3 Å². The van der Waals surface area contributed by atoms with Crippen molar-refractivity contribution in [1.82, 2.24) is 10.1 Å². The van der Waals surface area contributed by atoms with Crippen molar-refractivity contribution in [2.75, 3.05) is 26.4 Å². The van der Waals surface area contributed by atoms with Crippen molar-refractivity contribution in [1.29, 1.82) is 0 Å². The van der Waals surface area contributed by atoms with E-state index in [-0.39, 0.29) is 18.7 Å². The average molecular weight is 512 g/mol. The van der Waals surface area contributed by atoms with Gasteiger partial charge in [-0.1, -0.05) is 65.8 Å². The third kappa shape index (κ3) is 4.01. The minimum absolute atomic E-state index is 0.0903. The molecule has 38 heavy (non-hydrogen) atoms. The molecule has 194 valence electrons. The Labute approximate surface area is 221 Å². The third-order valence-corrected chi connectivity index (χ3v) is 8.29. The Hall–Kier alpha value is -3.88. The lowest BCUT2D eigenvalue weighted by atomic mass is 9.83. The van der Waals surface area contributed by atoms with Gasteiger partial charge in [-0.3, -0.25) is 0 Å². The molecule has 4 aliphatic rings. The van der Waals surface area contributed by atoms with Crippen LogP contribution in [0.25, 0.3) is 0 Å². The molecule has 0 radical (unpaired) electrons. The second-order valence-corrected chi connectivity index (χ2v) is 10.6. The molecule has 0 saturated carbocycles. The van der Waals surface area contributed by atoms with Crippen molar-refractivity contribution >= 4 is 0 Å². The lowest BCUT2D eigenvalue weighted by Gasteiger charge is -2.51. The van der Waals surface area contributed by atoms with Crippen LogP contribution in [0.3, 0.4) is 0 Å². The summed E-state index contributed by atoms with van der Waals surface area (Å²) in [4.78, 5) is 4.71. The highest BCUT2D eigenvalue weighted by atomic mass is 16.7. The first-order valence-electron chi connectivity index (χ1n) is 13.2. The number of rotatable bonds is 7. The van der Waals surface area contributed by atoms with Gasteiger partial charge in [0.25, 0.3) is 5.89 Å². The number of hydrogen-bond donors (Lipinski definition) is 0. The third-order valence-electron chi connectivity index (χ3n) is 8.29. The van der Waals surface area contributed by atoms with Crippen molar-refractivity contribution in [2.45, 2.75) is 31.1 Å². The molecule has 0 unspecified atom stereocenters. The maximum Gasteiger partial charge on any atom is 0.281 e. The van der Waals surface area contributed by atoms with Crippen LogP contribution >= 0.6 is 0 Å². The number of hydrogen-bond acceptors (Lipinski definition) is 7. The first-order chi connectivity index (χ1) is 18.6. The highest BCUT2D eigenvalue weighted by Gasteiger charge is 2.48. The topological polar surface area (TPSA) is 89.7 Å². The minimum atomic E-state index is -1.76. The predicted octanol–water partition coefficient (Wildman–Crippen LogP) is 3.64. The molecule has 0 aliphatic carbocycles. The van der Waals surface area contributed by atoms with Crippen LogP contribution in [0.2, 0.25) is 0 Å². The number of nitrogens with zero attached hydrogens (tertiary/aromatic N) is 3. The Balaban J connectivity index is 1.13. The largest absolute Gasteiger partial charge is 0.837 e. The van der Waals surface area contributed by atoms with Gasteiger partial charge < -0.3 is 28.3 Å². The van der Waals surface area contributed by atoms with Crippen molar-refractivity contribution in [2.24, 2.45) is 5.92 Å². The predicted molar refractivity (Wildman–Crippen MR) is 135 cm³/mol. The fourth-order valence-corrected chi connectivity index (χ4v) is 6.22. The SMILES string of the molecule is [O-]C(c1ccccc1)(c1ccccc1)c1noc(C[N+]23CCC(CC2)[C@@H](Oc2ccc4c(c2)OCO4)C3)n1. The van der Waals surface area contributed by atoms with Crippen LogP contribution in [0.5, 0.6) is 17.2 Å². The van der Waals surface area contributed by atoms with Crippen molar-refractivity contribution in [3.63, 3.8) is 0 Å². The second-order valence-electron chi connectivity index (χ2n) is 10.6. The zero-order chi connectivity index (χ0) is 25.6. The van der Waals surface area contributed by atoms with E-state index in [1.54, 1.807) is 0 Å². The van der Waals surface area contributed by atoms with Crippen LogP contribution < -0.4 is 19.3 Å². The minimum Gasteiger partial charge on any atom is -0.837 e. The number of piperidine rings is 3. The van der Waals surface area contributed by atoms with Crippen LogP contribution in [0.4, 0.5) is 0 Å². The van der Waals surface area contributed by atoms with Crippen LogP contribution in [0, 0.1) is 5.92 Å². The van der Waals surface area contributed by atoms with Gasteiger partial charge in [-0.25, -0.2) is 0 Å². The van der Waals surface area contributed by atoms with E-state index in [1.807, 2.05) is 78.9 Å². The summed E-state index contributed by atoms with van der Waals surface area (Å²) in [5.41, 5.74) is -0.590. The maximum absolute atomic E-state index is 14.5. The summed E-state index contributed by atoms with van der Waals surface area (Å²) in [6.07, 6.45) is 2.25. The number of fused-ring (bicyclic) bond motifs is 4. The van der Waals surface area contributed by atoms with E-state index >= 15 is 0 Å². The number of ether oxygens (including phenoxy) is 3. The van der Waals surface area contributed by atoms with E-state index in [0.717, 1.165) is 54.2 Å². The molecule has 4 aliphatic heterocycles.